The SMILES string of the molecule is CN(C)CCCn1c2c(c(SCC(=O)Nc3cc(C(F)(F)F)ccc3Cl)nc1=O)CCCC2. The second-order valence-electron chi connectivity index (χ2n) is 8.17. The molecule has 180 valence electrons. The molecule has 0 spiro atoms. The molecule has 0 radical (unpaired) electrons. The molecule has 1 aromatic heterocycles. The molecule has 33 heavy (non-hydrogen) atoms. The Labute approximate surface area is 199 Å². The molecule has 0 aliphatic heterocycles. The number of nitrogens with zero attached hydrogens (tertiary/aromatic N) is 3. The summed E-state index contributed by atoms with van der Waals surface area (Å²) in [4.78, 5) is 31.4. The number of alkyl halides is 3. The van der Waals surface area contributed by atoms with Crippen molar-refractivity contribution in [1.82, 2.24) is 14.5 Å². The summed E-state index contributed by atoms with van der Waals surface area (Å²) >= 11 is 7.07. The third-order valence-corrected chi connectivity index (χ3v) is 6.69. The number of amides is 1. The number of rotatable bonds is 8. The van der Waals surface area contributed by atoms with Crippen molar-refractivity contribution in [1.29, 1.82) is 0 Å². The van der Waals surface area contributed by atoms with Gasteiger partial charge in [-0.2, -0.15) is 18.2 Å². The molecule has 0 fully saturated rings. The highest BCUT2D eigenvalue weighted by Crippen LogP contribution is 2.34. The van der Waals surface area contributed by atoms with Crippen molar-refractivity contribution in [2.45, 2.75) is 49.9 Å². The summed E-state index contributed by atoms with van der Waals surface area (Å²) in [7, 11) is 3.96. The van der Waals surface area contributed by atoms with Gasteiger partial charge in [0.15, 0.2) is 0 Å². The Morgan fingerprint density at radius 2 is 2.00 bits per heavy atom. The maximum atomic E-state index is 13.0. The minimum Gasteiger partial charge on any atom is -0.324 e. The predicted molar refractivity (Wildman–Crippen MR) is 124 cm³/mol. The largest absolute Gasteiger partial charge is 0.416 e. The molecule has 3 rings (SSSR count). The third-order valence-electron chi connectivity index (χ3n) is 5.35. The maximum Gasteiger partial charge on any atom is 0.416 e. The summed E-state index contributed by atoms with van der Waals surface area (Å²) in [6, 6.07) is 2.76. The Kier molecular flexibility index (Phi) is 8.47. The average molecular weight is 503 g/mol. The molecule has 0 unspecified atom stereocenters. The van der Waals surface area contributed by atoms with Gasteiger partial charge in [0.1, 0.15) is 5.03 Å². The van der Waals surface area contributed by atoms with E-state index in [-0.39, 0.29) is 22.2 Å². The lowest BCUT2D eigenvalue weighted by atomic mass is 9.97. The van der Waals surface area contributed by atoms with Crippen molar-refractivity contribution in [2.24, 2.45) is 0 Å². The van der Waals surface area contributed by atoms with Gasteiger partial charge in [-0.05, 0) is 70.9 Å². The van der Waals surface area contributed by atoms with Crippen molar-refractivity contribution in [3.63, 3.8) is 0 Å². The van der Waals surface area contributed by atoms with Crippen LogP contribution in [-0.2, 0) is 30.4 Å². The van der Waals surface area contributed by atoms with Crippen LogP contribution in [0.25, 0.3) is 0 Å². The van der Waals surface area contributed by atoms with E-state index in [0.717, 1.165) is 79.9 Å². The highest BCUT2D eigenvalue weighted by Gasteiger charge is 2.31. The predicted octanol–water partition coefficient (Wildman–Crippen LogP) is 4.48. The number of fused-ring (bicyclic) bond motifs is 1. The number of aromatic nitrogens is 2. The van der Waals surface area contributed by atoms with Gasteiger partial charge in [0.2, 0.25) is 5.91 Å². The highest BCUT2D eigenvalue weighted by atomic mass is 35.5. The molecule has 1 aliphatic rings. The van der Waals surface area contributed by atoms with Crippen LogP contribution in [0.2, 0.25) is 5.02 Å². The third kappa shape index (κ3) is 6.74. The topological polar surface area (TPSA) is 67.2 Å². The van der Waals surface area contributed by atoms with E-state index in [0.29, 0.717) is 11.6 Å². The number of carbonyl (C=O) groups is 1. The van der Waals surface area contributed by atoms with E-state index in [9.17, 15) is 22.8 Å². The Balaban J connectivity index is 1.73. The fourth-order valence-corrected chi connectivity index (χ4v) is 4.80. The monoisotopic (exact) mass is 502 g/mol. The Bertz CT molecular complexity index is 1070. The molecule has 6 nitrogen and oxygen atoms in total. The lowest BCUT2D eigenvalue weighted by Gasteiger charge is -2.23. The second-order valence-corrected chi connectivity index (χ2v) is 9.54. The van der Waals surface area contributed by atoms with Gasteiger partial charge in [-0.1, -0.05) is 23.4 Å². The van der Waals surface area contributed by atoms with E-state index < -0.39 is 17.6 Å². The Morgan fingerprint density at radius 3 is 2.70 bits per heavy atom. The number of thioether (sulfide) groups is 1. The zero-order valence-electron chi connectivity index (χ0n) is 18.5. The number of carbonyl (C=O) groups excluding carboxylic acids is 1. The van der Waals surface area contributed by atoms with Crippen LogP contribution in [0, 0.1) is 0 Å². The Hall–Kier alpha value is -2.04. The summed E-state index contributed by atoms with van der Waals surface area (Å²) in [5, 5.41) is 2.96. The van der Waals surface area contributed by atoms with Crippen LogP contribution in [0.4, 0.5) is 18.9 Å². The molecular weight excluding hydrogens is 477 g/mol. The van der Waals surface area contributed by atoms with Crippen molar-refractivity contribution in [3.05, 3.63) is 50.5 Å². The van der Waals surface area contributed by atoms with Crippen molar-refractivity contribution in [3.8, 4) is 0 Å². The quantitative estimate of drug-likeness (QED) is 0.426. The first-order valence-corrected chi connectivity index (χ1v) is 12.0. The first-order chi connectivity index (χ1) is 15.6. The van der Waals surface area contributed by atoms with Crippen LogP contribution < -0.4 is 11.0 Å². The number of hydrogen-bond donors (Lipinski definition) is 1. The van der Waals surface area contributed by atoms with Crippen LogP contribution in [0.3, 0.4) is 0 Å². The van der Waals surface area contributed by atoms with Crippen molar-refractivity contribution < 1.29 is 18.0 Å². The molecule has 1 N–H and O–H groups in total. The first kappa shape index (κ1) is 25.6. The van der Waals surface area contributed by atoms with Crippen LogP contribution in [0.15, 0.2) is 28.0 Å². The molecule has 1 amide bonds. The van der Waals surface area contributed by atoms with Gasteiger partial charge >= 0.3 is 11.9 Å². The lowest BCUT2D eigenvalue weighted by molar-refractivity contribution is -0.137. The van der Waals surface area contributed by atoms with E-state index in [2.05, 4.69) is 15.2 Å². The number of anilines is 1. The molecule has 1 aromatic carbocycles. The molecule has 11 heteroatoms. The first-order valence-electron chi connectivity index (χ1n) is 10.6. The fraction of sp³-hybridized carbons (Fsp3) is 0.500. The summed E-state index contributed by atoms with van der Waals surface area (Å²) in [5.41, 5.74) is 0.620. The van der Waals surface area contributed by atoms with E-state index in [1.165, 1.54) is 0 Å². The van der Waals surface area contributed by atoms with Gasteiger partial charge in [0, 0.05) is 17.8 Å². The van der Waals surface area contributed by atoms with Gasteiger partial charge in [-0.25, -0.2) is 4.79 Å². The van der Waals surface area contributed by atoms with Crippen LogP contribution in [-0.4, -0.2) is 46.8 Å². The maximum absolute atomic E-state index is 13.0. The molecule has 1 aliphatic carbocycles. The summed E-state index contributed by atoms with van der Waals surface area (Å²) in [6.07, 6.45) is -0.187. The zero-order valence-corrected chi connectivity index (χ0v) is 20.0. The van der Waals surface area contributed by atoms with Crippen LogP contribution in [0.1, 0.15) is 36.1 Å². The van der Waals surface area contributed by atoms with E-state index >= 15 is 0 Å². The van der Waals surface area contributed by atoms with Gasteiger partial charge < -0.3 is 10.2 Å². The zero-order chi connectivity index (χ0) is 24.2. The number of hydrogen-bond acceptors (Lipinski definition) is 5. The van der Waals surface area contributed by atoms with E-state index in [4.69, 9.17) is 11.6 Å². The van der Waals surface area contributed by atoms with E-state index in [1.54, 1.807) is 4.57 Å². The molecule has 1 heterocycles. The number of halogens is 4. The second kappa shape index (κ2) is 10.9. The van der Waals surface area contributed by atoms with Gasteiger partial charge in [-0.15, -0.1) is 0 Å². The minimum atomic E-state index is -4.54. The van der Waals surface area contributed by atoms with Crippen molar-refractivity contribution >= 4 is 35.0 Å². The van der Waals surface area contributed by atoms with Crippen LogP contribution >= 0.6 is 23.4 Å². The fourth-order valence-electron chi connectivity index (χ4n) is 3.76. The molecule has 0 atom stereocenters. The summed E-state index contributed by atoms with van der Waals surface area (Å²) < 4.78 is 40.6. The molecule has 2 aromatic rings. The van der Waals surface area contributed by atoms with Crippen LogP contribution in [0.5, 0.6) is 0 Å². The van der Waals surface area contributed by atoms with Gasteiger partial charge in [0.25, 0.3) is 0 Å². The standard InChI is InChI=1S/C22H26ClF3N4O2S/c1-29(2)10-5-11-30-18-7-4-3-6-15(18)20(28-21(30)32)33-13-19(31)27-17-12-14(22(24,25)26)8-9-16(17)23/h8-9,12H,3-7,10-11,13H2,1-2H3,(H,27,31). The summed E-state index contributed by atoms with van der Waals surface area (Å²) in [6.45, 7) is 1.45. The minimum absolute atomic E-state index is 0.0113. The smallest absolute Gasteiger partial charge is 0.324 e. The molecule has 0 saturated heterocycles. The molecule has 0 saturated carbocycles. The lowest BCUT2D eigenvalue weighted by Crippen LogP contribution is -2.31. The van der Waals surface area contributed by atoms with Crippen molar-refractivity contribution in [2.75, 3.05) is 31.7 Å². The summed E-state index contributed by atoms with van der Waals surface area (Å²) in [5.74, 6) is -0.626. The molecule has 0 bridgehead atoms. The average Bonchev–Trinajstić information content (AvgIpc) is 2.74. The number of benzene rings is 1. The van der Waals surface area contributed by atoms with Gasteiger partial charge in [-0.3, -0.25) is 9.36 Å². The molecular formula is C22H26ClF3N4O2S. The highest BCUT2D eigenvalue weighted by molar-refractivity contribution is 8.00. The number of nitrogens with one attached hydrogen (secondary N) is 1. The van der Waals surface area contributed by atoms with Gasteiger partial charge in [0.05, 0.1) is 22.0 Å². The normalized spacial score (nSPS) is 13.8. The Morgan fingerprint density at radius 1 is 1.27 bits per heavy atom. The van der Waals surface area contributed by atoms with E-state index in [1.807, 2.05) is 14.1 Å².